The molecule has 0 radical (unpaired) electrons. The first-order valence-corrected chi connectivity index (χ1v) is 10.2. The quantitative estimate of drug-likeness (QED) is 0.534. The zero-order chi connectivity index (χ0) is 22.2. The van der Waals surface area contributed by atoms with Crippen molar-refractivity contribution in [1.82, 2.24) is 25.5 Å². The highest BCUT2D eigenvalue weighted by Gasteiger charge is 2.49. The molecule has 1 aliphatic rings. The number of nitrogens with zero attached hydrogens (tertiary/aromatic N) is 2. The fourth-order valence-electron chi connectivity index (χ4n) is 3.84. The Morgan fingerprint density at radius 1 is 1.10 bits per heavy atom. The van der Waals surface area contributed by atoms with Crippen molar-refractivity contribution >= 4 is 28.9 Å². The summed E-state index contributed by atoms with van der Waals surface area (Å²) in [6.45, 7) is 5.22. The molecule has 0 aliphatic carbocycles. The number of benzene rings is 2. The van der Waals surface area contributed by atoms with Crippen LogP contribution in [0.5, 0.6) is 0 Å². The van der Waals surface area contributed by atoms with Crippen molar-refractivity contribution in [3.05, 3.63) is 66.0 Å². The van der Waals surface area contributed by atoms with Crippen LogP contribution in [0, 0.1) is 5.92 Å². The highest BCUT2D eigenvalue weighted by molar-refractivity contribution is 6.09. The minimum atomic E-state index is -1.20. The van der Waals surface area contributed by atoms with Gasteiger partial charge in [0.05, 0.1) is 17.1 Å². The summed E-state index contributed by atoms with van der Waals surface area (Å²) < 4.78 is 0. The van der Waals surface area contributed by atoms with E-state index in [0.717, 1.165) is 15.9 Å². The third-order valence-electron chi connectivity index (χ3n) is 5.61. The average Bonchev–Trinajstić information content (AvgIpc) is 3.27. The Balaban J connectivity index is 1.50. The van der Waals surface area contributed by atoms with Gasteiger partial charge in [-0.05, 0) is 30.5 Å². The number of fused-ring (bicyclic) bond motifs is 1. The summed E-state index contributed by atoms with van der Waals surface area (Å²) in [6, 6.07) is 15.6. The third kappa shape index (κ3) is 3.76. The van der Waals surface area contributed by atoms with Gasteiger partial charge in [0.25, 0.3) is 5.91 Å². The number of imidazole rings is 1. The molecule has 0 spiro atoms. The number of carbonyl (C=O) groups excluding carboxylic acids is 3. The lowest BCUT2D eigenvalue weighted by Gasteiger charge is -2.23. The lowest BCUT2D eigenvalue weighted by atomic mass is 9.92. The van der Waals surface area contributed by atoms with Gasteiger partial charge in [-0.1, -0.05) is 56.3 Å². The maximum atomic E-state index is 13.0. The zero-order valence-electron chi connectivity index (χ0n) is 17.7. The number of rotatable bonds is 6. The van der Waals surface area contributed by atoms with E-state index < -0.39 is 23.4 Å². The smallest absolute Gasteiger partial charge is 0.325 e. The number of imide groups is 1. The Hall–Kier alpha value is -3.68. The van der Waals surface area contributed by atoms with Gasteiger partial charge in [0.15, 0.2) is 0 Å². The fraction of sp³-hybridized carbons (Fsp3) is 0.304. The van der Waals surface area contributed by atoms with E-state index in [4.69, 9.17) is 0 Å². The molecule has 160 valence electrons. The van der Waals surface area contributed by atoms with Gasteiger partial charge < -0.3 is 15.6 Å². The molecule has 3 N–H and O–H groups in total. The van der Waals surface area contributed by atoms with Crippen LogP contribution in [0.1, 0.15) is 38.2 Å². The molecule has 31 heavy (non-hydrogen) atoms. The lowest BCUT2D eigenvalue weighted by Crippen LogP contribution is -2.44. The minimum Gasteiger partial charge on any atom is -0.344 e. The lowest BCUT2D eigenvalue weighted by molar-refractivity contribution is -0.135. The standard InChI is InChI=1S/C23H25N5O3/c1-14(2)19(20-24-16-11-7-8-12-17(16)25-20)26-18(29)13-28-21(30)23(3,27-22(28)31)15-9-5-4-6-10-15/h4-12,14,19H,13H2,1-3H3,(H,24,25)(H,26,29)(H,27,31). The normalized spacial score (nSPS) is 19.7. The maximum Gasteiger partial charge on any atom is 0.325 e. The van der Waals surface area contributed by atoms with Crippen molar-refractivity contribution in [2.24, 2.45) is 5.92 Å². The number of hydrogen-bond donors (Lipinski definition) is 3. The topological polar surface area (TPSA) is 107 Å². The summed E-state index contributed by atoms with van der Waals surface area (Å²) >= 11 is 0. The summed E-state index contributed by atoms with van der Waals surface area (Å²) in [5, 5.41) is 5.64. The van der Waals surface area contributed by atoms with Gasteiger partial charge in [0.1, 0.15) is 17.9 Å². The molecule has 1 saturated heterocycles. The molecule has 3 aromatic rings. The van der Waals surface area contributed by atoms with Crippen molar-refractivity contribution in [3.8, 4) is 0 Å². The summed E-state index contributed by atoms with van der Waals surface area (Å²) in [6.07, 6.45) is 0. The Morgan fingerprint density at radius 3 is 2.45 bits per heavy atom. The molecule has 0 saturated carbocycles. The summed E-state index contributed by atoms with van der Waals surface area (Å²) in [7, 11) is 0. The third-order valence-corrected chi connectivity index (χ3v) is 5.61. The first-order chi connectivity index (χ1) is 14.8. The van der Waals surface area contributed by atoms with E-state index in [-0.39, 0.29) is 18.5 Å². The average molecular weight is 419 g/mol. The van der Waals surface area contributed by atoms with E-state index in [2.05, 4.69) is 20.6 Å². The van der Waals surface area contributed by atoms with E-state index >= 15 is 0 Å². The Morgan fingerprint density at radius 2 is 1.77 bits per heavy atom. The van der Waals surface area contributed by atoms with Gasteiger partial charge in [0.2, 0.25) is 5.91 Å². The predicted molar refractivity (Wildman–Crippen MR) is 116 cm³/mol. The van der Waals surface area contributed by atoms with Gasteiger partial charge in [0, 0.05) is 0 Å². The Kier molecular flexibility index (Phi) is 5.22. The number of aromatic amines is 1. The van der Waals surface area contributed by atoms with Crippen LogP contribution in [0.15, 0.2) is 54.6 Å². The van der Waals surface area contributed by atoms with Crippen molar-refractivity contribution in [2.45, 2.75) is 32.4 Å². The molecule has 1 aromatic heterocycles. The van der Waals surface area contributed by atoms with Crippen LogP contribution >= 0.6 is 0 Å². The van der Waals surface area contributed by atoms with Crippen molar-refractivity contribution in [2.75, 3.05) is 6.54 Å². The molecule has 8 nitrogen and oxygen atoms in total. The Bertz CT molecular complexity index is 1110. The van der Waals surface area contributed by atoms with E-state index in [9.17, 15) is 14.4 Å². The van der Waals surface area contributed by atoms with E-state index in [1.165, 1.54) is 0 Å². The van der Waals surface area contributed by atoms with Crippen LogP contribution in [0.3, 0.4) is 0 Å². The first kappa shape index (κ1) is 20.6. The molecule has 4 rings (SSSR count). The van der Waals surface area contributed by atoms with Gasteiger partial charge in [-0.3, -0.25) is 14.5 Å². The van der Waals surface area contributed by atoms with Gasteiger partial charge in [-0.2, -0.15) is 0 Å². The molecule has 2 unspecified atom stereocenters. The second-order valence-corrected chi connectivity index (χ2v) is 8.24. The highest BCUT2D eigenvalue weighted by atomic mass is 16.2. The number of amides is 4. The number of urea groups is 1. The van der Waals surface area contributed by atoms with Gasteiger partial charge in [-0.15, -0.1) is 0 Å². The Labute approximate surface area is 180 Å². The van der Waals surface area contributed by atoms with E-state index in [1.54, 1.807) is 31.2 Å². The first-order valence-electron chi connectivity index (χ1n) is 10.2. The van der Waals surface area contributed by atoms with Crippen molar-refractivity contribution in [3.63, 3.8) is 0 Å². The zero-order valence-corrected chi connectivity index (χ0v) is 17.7. The van der Waals surface area contributed by atoms with Crippen LogP contribution in [0.4, 0.5) is 4.79 Å². The molecule has 4 amide bonds. The van der Waals surface area contributed by atoms with Crippen LogP contribution in [0.2, 0.25) is 0 Å². The predicted octanol–water partition coefficient (Wildman–Crippen LogP) is 2.84. The van der Waals surface area contributed by atoms with Crippen LogP contribution in [0.25, 0.3) is 11.0 Å². The second kappa shape index (κ2) is 7.86. The van der Waals surface area contributed by atoms with Crippen LogP contribution < -0.4 is 10.6 Å². The molecule has 1 aliphatic heterocycles. The summed E-state index contributed by atoms with van der Waals surface area (Å²) in [5.41, 5.74) is 1.16. The molecule has 1 fully saturated rings. The number of nitrogens with one attached hydrogen (secondary N) is 3. The maximum absolute atomic E-state index is 13.0. The summed E-state index contributed by atoms with van der Waals surface area (Å²) in [5.74, 6) is -0.207. The molecular formula is C23H25N5O3. The molecule has 0 bridgehead atoms. The van der Waals surface area contributed by atoms with Crippen molar-refractivity contribution in [1.29, 1.82) is 0 Å². The summed E-state index contributed by atoms with van der Waals surface area (Å²) in [4.78, 5) is 47.1. The highest BCUT2D eigenvalue weighted by Crippen LogP contribution is 2.28. The fourth-order valence-corrected chi connectivity index (χ4v) is 3.84. The van der Waals surface area contributed by atoms with Gasteiger partial charge in [-0.25, -0.2) is 9.78 Å². The van der Waals surface area contributed by atoms with Crippen molar-refractivity contribution < 1.29 is 14.4 Å². The minimum absolute atomic E-state index is 0.0437. The monoisotopic (exact) mass is 419 g/mol. The molecule has 2 aromatic carbocycles. The largest absolute Gasteiger partial charge is 0.344 e. The number of hydrogen-bond acceptors (Lipinski definition) is 4. The van der Waals surface area contributed by atoms with E-state index in [0.29, 0.717) is 11.4 Å². The molecule has 2 atom stereocenters. The second-order valence-electron chi connectivity index (χ2n) is 8.24. The molecular weight excluding hydrogens is 394 g/mol. The van der Waals surface area contributed by atoms with Crippen LogP contribution in [-0.4, -0.2) is 39.3 Å². The number of H-pyrrole nitrogens is 1. The number of aromatic nitrogens is 2. The number of para-hydroxylation sites is 2. The molecule has 8 heteroatoms. The SMILES string of the molecule is CC(C)C(NC(=O)CN1C(=O)NC(C)(c2ccccc2)C1=O)c1nc2ccccc2[nH]1. The van der Waals surface area contributed by atoms with E-state index in [1.807, 2.05) is 44.2 Å². The van der Waals surface area contributed by atoms with Gasteiger partial charge >= 0.3 is 6.03 Å². The number of carbonyl (C=O) groups is 3. The molecule has 2 heterocycles. The van der Waals surface area contributed by atoms with Crippen LogP contribution in [-0.2, 0) is 15.1 Å².